The van der Waals surface area contributed by atoms with Crippen LogP contribution in [0.4, 0.5) is 5.69 Å². The van der Waals surface area contributed by atoms with Crippen molar-refractivity contribution in [1.82, 2.24) is 0 Å². The SMILES string of the molecule is O=C(O)c1cccc(N2C(=O)[C@@H]3C4c5ccccc5C([N+](=O)[O-])(c5ccccc54)[C@H]3C2=O)c1. The van der Waals surface area contributed by atoms with Crippen LogP contribution in [0.2, 0.25) is 0 Å². The first-order valence-electron chi connectivity index (χ1n) is 10.4. The number of carboxylic acid groups (broad SMARTS) is 1. The van der Waals surface area contributed by atoms with E-state index in [4.69, 9.17) is 0 Å². The van der Waals surface area contributed by atoms with Gasteiger partial charge in [0.15, 0.2) is 0 Å². The molecule has 1 saturated heterocycles. The molecule has 3 aromatic rings. The van der Waals surface area contributed by atoms with Crippen molar-refractivity contribution in [2.24, 2.45) is 11.8 Å². The molecular formula is C25H16N2O6. The summed E-state index contributed by atoms with van der Waals surface area (Å²) in [4.78, 5) is 52.4. The van der Waals surface area contributed by atoms with Gasteiger partial charge in [0.25, 0.3) is 5.54 Å². The van der Waals surface area contributed by atoms with E-state index >= 15 is 0 Å². The van der Waals surface area contributed by atoms with Crippen LogP contribution in [0.1, 0.15) is 38.5 Å². The van der Waals surface area contributed by atoms with Crippen molar-refractivity contribution < 1.29 is 24.4 Å². The standard InChI is InChI=1S/C25H16N2O6/c28-22-20-19-15-8-1-3-10-17(15)25(27(32)33,18-11-4-2-9-16(18)19)21(20)23(29)26(22)14-7-5-6-13(12-14)24(30)31/h1-12,19-21H,(H,30,31)/t19?,20-,21-,25?/m1/s1. The average Bonchev–Trinajstić information content (AvgIpc) is 3.09. The van der Waals surface area contributed by atoms with Crippen molar-refractivity contribution in [2.45, 2.75) is 11.5 Å². The van der Waals surface area contributed by atoms with Crippen LogP contribution in [0.15, 0.2) is 72.8 Å². The van der Waals surface area contributed by atoms with Crippen LogP contribution in [0.5, 0.6) is 0 Å². The summed E-state index contributed by atoms with van der Waals surface area (Å²) in [5.41, 5.74) is 0.336. The Hall–Kier alpha value is -4.33. The van der Waals surface area contributed by atoms with E-state index in [1.54, 1.807) is 48.5 Å². The molecule has 1 fully saturated rings. The highest BCUT2D eigenvalue weighted by Crippen LogP contribution is 2.64. The lowest BCUT2D eigenvalue weighted by Crippen LogP contribution is -2.57. The normalized spacial score (nSPS) is 26.5. The molecule has 1 heterocycles. The number of carbonyl (C=O) groups excluding carboxylic acids is 2. The molecule has 0 unspecified atom stereocenters. The second-order valence-electron chi connectivity index (χ2n) is 8.55. The van der Waals surface area contributed by atoms with E-state index < -0.39 is 46.0 Å². The molecule has 162 valence electrons. The van der Waals surface area contributed by atoms with E-state index in [2.05, 4.69) is 0 Å². The zero-order valence-corrected chi connectivity index (χ0v) is 17.0. The van der Waals surface area contributed by atoms with E-state index in [-0.39, 0.29) is 11.3 Å². The molecule has 0 aromatic heterocycles. The first-order chi connectivity index (χ1) is 15.9. The van der Waals surface area contributed by atoms with E-state index in [9.17, 15) is 29.6 Å². The smallest absolute Gasteiger partial charge is 0.335 e. The zero-order chi connectivity index (χ0) is 23.1. The molecule has 0 saturated carbocycles. The van der Waals surface area contributed by atoms with Crippen LogP contribution in [0.25, 0.3) is 0 Å². The zero-order valence-electron chi connectivity index (χ0n) is 17.0. The van der Waals surface area contributed by atoms with Crippen LogP contribution in [-0.2, 0) is 15.1 Å². The lowest BCUT2D eigenvalue weighted by Gasteiger charge is -2.48. The van der Waals surface area contributed by atoms with Gasteiger partial charge in [0.05, 0.1) is 17.2 Å². The number of amides is 2. The van der Waals surface area contributed by atoms with E-state index in [1.165, 1.54) is 24.3 Å². The predicted molar refractivity (Wildman–Crippen MR) is 115 cm³/mol. The van der Waals surface area contributed by atoms with Crippen LogP contribution >= 0.6 is 0 Å². The third-order valence-electron chi connectivity index (χ3n) is 7.21. The summed E-state index contributed by atoms with van der Waals surface area (Å²) in [6, 6.07) is 19.4. The quantitative estimate of drug-likeness (QED) is 0.380. The highest BCUT2D eigenvalue weighted by Gasteiger charge is 2.74. The number of nitrogens with zero attached hydrogens (tertiary/aromatic N) is 2. The highest BCUT2D eigenvalue weighted by molar-refractivity contribution is 6.23. The van der Waals surface area contributed by atoms with Crippen molar-refractivity contribution in [3.05, 3.63) is 111 Å². The topological polar surface area (TPSA) is 118 Å². The number of aromatic carboxylic acids is 1. The number of imide groups is 1. The Labute approximate surface area is 187 Å². The van der Waals surface area contributed by atoms with Gasteiger partial charge >= 0.3 is 5.97 Å². The molecule has 2 amide bonds. The molecule has 8 heteroatoms. The van der Waals surface area contributed by atoms with Crippen LogP contribution in [-0.4, -0.2) is 27.8 Å². The number of anilines is 1. The Morgan fingerprint density at radius 1 is 0.909 bits per heavy atom. The summed E-state index contributed by atoms with van der Waals surface area (Å²) in [6.45, 7) is 0. The Kier molecular flexibility index (Phi) is 3.73. The minimum Gasteiger partial charge on any atom is -0.478 e. The molecule has 3 aliphatic carbocycles. The fourth-order valence-corrected chi connectivity index (χ4v) is 6.07. The van der Waals surface area contributed by atoms with E-state index in [0.29, 0.717) is 22.3 Å². The van der Waals surface area contributed by atoms with Crippen LogP contribution in [0.3, 0.4) is 0 Å². The van der Waals surface area contributed by atoms with Gasteiger partial charge in [-0.2, -0.15) is 0 Å². The summed E-state index contributed by atoms with van der Waals surface area (Å²) in [5, 5.41) is 22.2. The molecular weight excluding hydrogens is 424 g/mol. The molecule has 7 rings (SSSR count). The van der Waals surface area contributed by atoms with Gasteiger partial charge in [-0.25, -0.2) is 9.69 Å². The number of carbonyl (C=O) groups is 3. The Balaban J connectivity index is 1.64. The van der Waals surface area contributed by atoms with E-state index in [0.717, 1.165) is 4.90 Å². The van der Waals surface area contributed by atoms with Gasteiger partial charge < -0.3 is 5.11 Å². The Morgan fingerprint density at radius 2 is 1.52 bits per heavy atom. The number of hydrogen-bond acceptors (Lipinski definition) is 5. The molecule has 0 spiro atoms. The van der Waals surface area contributed by atoms with Gasteiger partial charge in [-0.3, -0.25) is 19.7 Å². The second-order valence-corrected chi connectivity index (χ2v) is 8.55. The van der Waals surface area contributed by atoms with Crippen LogP contribution in [0, 0.1) is 22.0 Å². The van der Waals surface area contributed by atoms with Crippen molar-refractivity contribution in [1.29, 1.82) is 0 Å². The molecule has 3 aromatic carbocycles. The first-order valence-corrected chi connectivity index (χ1v) is 10.4. The van der Waals surface area contributed by atoms with Gasteiger partial charge in [0, 0.05) is 22.0 Å². The maximum atomic E-state index is 13.8. The molecule has 1 N–H and O–H groups in total. The molecule has 0 radical (unpaired) electrons. The monoisotopic (exact) mass is 440 g/mol. The number of rotatable bonds is 3. The van der Waals surface area contributed by atoms with Crippen molar-refractivity contribution in [2.75, 3.05) is 4.90 Å². The number of nitro groups is 1. The first kappa shape index (κ1) is 19.4. The predicted octanol–water partition coefficient (Wildman–Crippen LogP) is 3.17. The number of hydrogen-bond donors (Lipinski definition) is 1. The third kappa shape index (κ3) is 2.17. The van der Waals surface area contributed by atoms with Gasteiger partial charge in [-0.05, 0) is 29.3 Å². The summed E-state index contributed by atoms with van der Waals surface area (Å²) < 4.78 is 0. The molecule has 2 atom stereocenters. The summed E-state index contributed by atoms with van der Waals surface area (Å²) >= 11 is 0. The minimum absolute atomic E-state index is 0.0819. The number of benzene rings is 3. The van der Waals surface area contributed by atoms with Crippen molar-refractivity contribution in [3.63, 3.8) is 0 Å². The van der Waals surface area contributed by atoms with Gasteiger partial charge in [-0.1, -0.05) is 54.6 Å². The average molecular weight is 440 g/mol. The largest absolute Gasteiger partial charge is 0.478 e. The Bertz CT molecular complexity index is 1370. The van der Waals surface area contributed by atoms with Gasteiger partial charge in [-0.15, -0.1) is 0 Å². The maximum Gasteiger partial charge on any atom is 0.335 e. The molecule has 33 heavy (non-hydrogen) atoms. The van der Waals surface area contributed by atoms with Gasteiger partial charge in [0.2, 0.25) is 11.8 Å². The Morgan fingerprint density at radius 3 is 2.09 bits per heavy atom. The third-order valence-corrected chi connectivity index (χ3v) is 7.21. The molecule has 2 bridgehead atoms. The molecule has 8 nitrogen and oxygen atoms in total. The minimum atomic E-state index is -1.90. The lowest BCUT2D eigenvalue weighted by atomic mass is 9.51. The van der Waals surface area contributed by atoms with Crippen molar-refractivity contribution >= 4 is 23.5 Å². The maximum absolute atomic E-state index is 13.8. The van der Waals surface area contributed by atoms with Crippen LogP contribution < -0.4 is 4.90 Å². The summed E-state index contributed by atoms with van der Waals surface area (Å²) in [5.74, 6) is -5.13. The molecule has 1 aliphatic heterocycles. The van der Waals surface area contributed by atoms with Gasteiger partial charge in [0.1, 0.15) is 5.92 Å². The fraction of sp³-hybridized carbons (Fsp3) is 0.160. The second kappa shape index (κ2) is 6.35. The highest BCUT2D eigenvalue weighted by atomic mass is 16.6. The van der Waals surface area contributed by atoms with Crippen molar-refractivity contribution in [3.8, 4) is 0 Å². The molecule has 4 aliphatic rings. The van der Waals surface area contributed by atoms with E-state index in [1.807, 2.05) is 0 Å². The summed E-state index contributed by atoms with van der Waals surface area (Å²) in [7, 11) is 0. The fourth-order valence-electron chi connectivity index (χ4n) is 6.07. The number of carboxylic acids is 1. The summed E-state index contributed by atoms with van der Waals surface area (Å²) in [6.07, 6.45) is 0. The lowest BCUT2D eigenvalue weighted by molar-refractivity contribution is -0.578.